The molecule has 0 fully saturated rings. The average molecular weight is 235 g/mol. The summed E-state index contributed by atoms with van der Waals surface area (Å²) in [6, 6.07) is 1.57. The molecule has 1 rings (SSSR count). The summed E-state index contributed by atoms with van der Waals surface area (Å²) < 4.78 is 37.7. The molecule has 0 spiro atoms. The van der Waals surface area contributed by atoms with Crippen molar-refractivity contribution in [2.75, 3.05) is 6.54 Å². The molecule has 90 valence electrons. The van der Waals surface area contributed by atoms with Crippen LogP contribution in [0.25, 0.3) is 0 Å². The maximum absolute atomic E-state index is 12.6. The fourth-order valence-electron chi connectivity index (χ4n) is 1.42. The zero-order chi connectivity index (χ0) is 12.3. The Labute approximate surface area is 90.3 Å². The maximum Gasteiger partial charge on any atom is 0.416 e. The van der Waals surface area contributed by atoms with Crippen LogP contribution in [0.3, 0.4) is 0 Å². The maximum atomic E-state index is 12.6. The van der Waals surface area contributed by atoms with E-state index in [2.05, 4.69) is 0 Å². The van der Waals surface area contributed by atoms with Crippen molar-refractivity contribution in [1.82, 2.24) is 0 Å². The molecule has 1 aromatic rings. The second-order valence-electron chi connectivity index (χ2n) is 3.35. The van der Waals surface area contributed by atoms with Gasteiger partial charge in [0, 0.05) is 5.56 Å². The highest BCUT2D eigenvalue weighted by molar-refractivity contribution is 5.50. The summed E-state index contributed by atoms with van der Waals surface area (Å²) >= 11 is 0. The van der Waals surface area contributed by atoms with Crippen molar-refractivity contribution in [1.29, 1.82) is 0 Å². The van der Waals surface area contributed by atoms with Gasteiger partial charge >= 0.3 is 6.18 Å². The molecule has 6 heteroatoms. The van der Waals surface area contributed by atoms with Gasteiger partial charge in [-0.3, -0.25) is 0 Å². The molecule has 0 atom stereocenters. The molecule has 16 heavy (non-hydrogen) atoms. The summed E-state index contributed by atoms with van der Waals surface area (Å²) in [7, 11) is 0. The topological polar surface area (TPSA) is 66.5 Å². The highest BCUT2D eigenvalue weighted by Gasteiger charge is 2.34. The standard InChI is InChI=1S/C10H12F3NO2/c11-10(12,13)7-3-4-8(15)9(16)6(7)2-1-5-14/h3-4,15-16H,1-2,5,14H2. The van der Waals surface area contributed by atoms with Crippen LogP contribution in [-0.2, 0) is 12.6 Å². The van der Waals surface area contributed by atoms with E-state index < -0.39 is 23.2 Å². The Morgan fingerprint density at radius 3 is 2.31 bits per heavy atom. The van der Waals surface area contributed by atoms with Crippen LogP contribution >= 0.6 is 0 Å². The molecule has 0 amide bonds. The van der Waals surface area contributed by atoms with E-state index in [0.717, 1.165) is 12.1 Å². The number of hydrogen-bond donors (Lipinski definition) is 3. The molecule has 0 aliphatic carbocycles. The van der Waals surface area contributed by atoms with Gasteiger partial charge in [0.2, 0.25) is 0 Å². The highest BCUT2D eigenvalue weighted by atomic mass is 19.4. The van der Waals surface area contributed by atoms with Crippen LogP contribution in [0.4, 0.5) is 13.2 Å². The van der Waals surface area contributed by atoms with Gasteiger partial charge in [0.15, 0.2) is 11.5 Å². The number of halogens is 3. The van der Waals surface area contributed by atoms with E-state index in [1.807, 2.05) is 0 Å². The smallest absolute Gasteiger partial charge is 0.416 e. The number of alkyl halides is 3. The summed E-state index contributed by atoms with van der Waals surface area (Å²) in [4.78, 5) is 0. The van der Waals surface area contributed by atoms with E-state index in [1.165, 1.54) is 0 Å². The van der Waals surface area contributed by atoms with Gasteiger partial charge in [-0.15, -0.1) is 0 Å². The summed E-state index contributed by atoms with van der Waals surface area (Å²) in [5, 5.41) is 18.5. The first-order chi connectivity index (χ1) is 7.38. The van der Waals surface area contributed by atoms with Crippen molar-refractivity contribution in [3.8, 4) is 11.5 Å². The van der Waals surface area contributed by atoms with Crippen LogP contribution in [0, 0.1) is 0 Å². The Morgan fingerprint density at radius 1 is 1.19 bits per heavy atom. The van der Waals surface area contributed by atoms with Crippen LogP contribution in [0.5, 0.6) is 11.5 Å². The lowest BCUT2D eigenvalue weighted by Gasteiger charge is -2.14. The van der Waals surface area contributed by atoms with E-state index in [9.17, 15) is 18.3 Å². The highest BCUT2D eigenvalue weighted by Crippen LogP contribution is 2.40. The van der Waals surface area contributed by atoms with E-state index >= 15 is 0 Å². The van der Waals surface area contributed by atoms with Crippen LogP contribution in [-0.4, -0.2) is 16.8 Å². The molecule has 4 N–H and O–H groups in total. The first-order valence-corrected chi connectivity index (χ1v) is 4.69. The minimum Gasteiger partial charge on any atom is -0.504 e. The van der Waals surface area contributed by atoms with Crippen molar-refractivity contribution in [2.45, 2.75) is 19.0 Å². The monoisotopic (exact) mass is 235 g/mol. The number of hydrogen-bond acceptors (Lipinski definition) is 3. The molecule has 0 radical (unpaired) electrons. The van der Waals surface area contributed by atoms with Gasteiger partial charge in [-0.05, 0) is 31.5 Å². The third-order valence-electron chi connectivity index (χ3n) is 2.20. The minimum atomic E-state index is -4.55. The number of benzene rings is 1. The summed E-state index contributed by atoms with van der Waals surface area (Å²) in [5.74, 6) is -1.27. The lowest BCUT2D eigenvalue weighted by atomic mass is 10.0. The Morgan fingerprint density at radius 2 is 1.81 bits per heavy atom. The Kier molecular flexibility index (Phi) is 3.64. The zero-order valence-electron chi connectivity index (χ0n) is 8.38. The lowest BCUT2D eigenvalue weighted by molar-refractivity contribution is -0.138. The van der Waals surface area contributed by atoms with Crippen LogP contribution in [0.1, 0.15) is 17.5 Å². The number of rotatable bonds is 3. The van der Waals surface area contributed by atoms with E-state index in [-0.39, 0.29) is 18.5 Å². The fraction of sp³-hybridized carbons (Fsp3) is 0.400. The van der Waals surface area contributed by atoms with Crippen molar-refractivity contribution in [2.24, 2.45) is 5.73 Å². The average Bonchev–Trinajstić information content (AvgIpc) is 2.18. The van der Waals surface area contributed by atoms with Gasteiger partial charge < -0.3 is 15.9 Å². The van der Waals surface area contributed by atoms with Gasteiger partial charge in [-0.2, -0.15) is 13.2 Å². The molecule has 0 bridgehead atoms. The summed E-state index contributed by atoms with van der Waals surface area (Å²) in [6.07, 6.45) is -4.26. The summed E-state index contributed by atoms with van der Waals surface area (Å²) in [5.41, 5.74) is 3.96. The predicted molar refractivity (Wildman–Crippen MR) is 52.1 cm³/mol. The molecule has 3 nitrogen and oxygen atoms in total. The second kappa shape index (κ2) is 4.61. The molecule has 0 aliphatic rings. The summed E-state index contributed by atoms with van der Waals surface area (Å²) in [6.45, 7) is 0.215. The second-order valence-corrected chi connectivity index (χ2v) is 3.35. The first-order valence-electron chi connectivity index (χ1n) is 4.69. The van der Waals surface area contributed by atoms with Gasteiger partial charge in [-0.1, -0.05) is 0 Å². The van der Waals surface area contributed by atoms with Crippen molar-refractivity contribution in [3.63, 3.8) is 0 Å². The van der Waals surface area contributed by atoms with Crippen molar-refractivity contribution < 1.29 is 23.4 Å². The largest absolute Gasteiger partial charge is 0.504 e. The number of phenolic OH excluding ortho intramolecular Hbond substituents is 2. The normalized spacial score (nSPS) is 11.8. The Balaban J connectivity index is 3.22. The molecule has 0 saturated heterocycles. The Bertz CT molecular complexity index is 377. The molecule has 0 aromatic heterocycles. The van der Waals surface area contributed by atoms with Gasteiger partial charge in [0.05, 0.1) is 5.56 Å². The molecule has 0 heterocycles. The van der Waals surface area contributed by atoms with Crippen LogP contribution in [0.15, 0.2) is 12.1 Å². The minimum absolute atomic E-state index is 0.0222. The van der Waals surface area contributed by atoms with E-state index in [0.29, 0.717) is 6.42 Å². The molecule has 0 unspecified atom stereocenters. The quantitative estimate of drug-likeness (QED) is 0.702. The first kappa shape index (κ1) is 12.6. The van der Waals surface area contributed by atoms with Gasteiger partial charge in [0.1, 0.15) is 0 Å². The van der Waals surface area contributed by atoms with Crippen LogP contribution in [0.2, 0.25) is 0 Å². The zero-order valence-corrected chi connectivity index (χ0v) is 8.38. The molecular weight excluding hydrogens is 223 g/mol. The van der Waals surface area contributed by atoms with Crippen molar-refractivity contribution in [3.05, 3.63) is 23.3 Å². The van der Waals surface area contributed by atoms with E-state index in [4.69, 9.17) is 10.8 Å². The number of phenols is 2. The number of aromatic hydroxyl groups is 2. The van der Waals surface area contributed by atoms with Crippen molar-refractivity contribution >= 4 is 0 Å². The SMILES string of the molecule is NCCCc1c(C(F)(F)F)ccc(O)c1O. The predicted octanol–water partition coefficient (Wildman–Crippen LogP) is 2.01. The molecular formula is C10H12F3NO2. The molecule has 0 aliphatic heterocycles. The van der Waals surface area contributed by atoms with E-state index in [1.54, 1.807) is 0 Å². The third-order valence-corrected chi connectivity index (χ3v) is 2.20. The lowest BCUT2D eigenvalue weighted by Crippen LogP contribution is -2.10. The van der Waals surface area contributed by atoms with Crippen LogP contribution < -0.4 is 5.73 Å². The van der Waals surface area contributed by atoms with Gasteiger partial charge in [-0.25, -0.2) is 0 Å². The molecule has 1 aromatic carbocycles. The molecule has 0 saturated carbocycles. The fourth-order valence-corrected chi connectivity index (χ4v) is 1.42. The third kappa shape index (κ3) is 2.57. The Hall–Kier alpha value is -1.43. The van der Waals surface area contributed by atoms with Gasteiger partial charge in [0.25, 0.3) is 0 Å². The number of nitrogens with two attached hydrogens (primary N) is 1.